The summed E-state index contributed by atoms with van der Waals surface area (Å²) in [6, 6.07) is 4.82. The van der Waals surface area contributed by atoms with Gasteiger partial charge in [0.1, 0.15) is 5.52 Å². The molecule has 94 valence electrons. The zero-order chi connectivity index (χ0) is 12.7. The van der Waals surface area contributed by atoms with Gasteiger partial charge in [0.25, 0.3) is 0 Å². The van der Waals surface area contributed by atoms with Crippen LogP contribution in [-0.2, 0) is 0 Å². The number of carboxylic acids is 1. The van der Waals surface area contributed by atoms with Crippen molar-refractivity contribution in [3.8, 4) is 0 Å². The molecule has 1 N–H and O–H groups in total. The Balaban J connectivity index is 2.02. The predicted octanol–water partition coefficient (Wildman–Crippen LogP) is 3.43. The van der Waals surface area contributed by atoms with Gasteiger partial charge in [-0.2, -0.15) is 0 Å². The SMILES string of the molecule is CC1CCCC1c1nc2cc(C(=O)O)ccc2o1. The summed E-state index contributed by atoms with van der Waals surface area (Å²) < 4.78 is 5.75. The highest BCUT2D eigenvalue weighted by atomic mass is 16.4. The normalized spacial score (nSPS) is 23.6. The Labute approximate surface area is 105 Å². The largest absolute Gasteiger partial charge is 0.478 e. The number of nitrogens with zero attached hydrogens (tertiary/aromatic N) is 1. The first-order valence-electron chi connectivity index (χ1n) is 6.29. The molecule has 1 saturated carbocycles. The molecule has 0 bridgehead atoms. The van der Waals surface area contributed by atoms with Gasteiger partial charge in [-0.25, -0.2) is 9.78 Å². The third-order valence-electron chi connectivity index (χ3n) is 3.83. The minimum atomic E-state index is -0.935. The highest BCUT2D eigenvalue weighted by molar-refractivity contribution is 5.91. The van der Waals surface area contributed by atoms with Gasteiger partial charge < -0.3 is 9.52 Å². The van der Waals surface area contributed by atoms with Gasteiger partial charge in [-0.05, 0) is 37.0 Å². The molecule has 1 aliphatic carbocycles. The van der Waals surface area contributed by atoms with Crippen LogP contribution in [0.25, 0.3) is 11.1 Å². The topological polar surface area (TPSA) is 63.3 Å². The second-order valence-corrected chi connectivity index (χ2v) is 5.05. The van der Waals surface area contributed by atoms with E-state index in [1.165, 1.54) is 12.8 Å². The van der Waals surface area contributed by atoms with Crippen LogP contribution in [0.2, 0.25) is 0 Å². The smallest absolute Gasteiger partial charge is 0.335 e. The maximum Gasteiger partial charge on any atom is 0.335 e. The summed E-state index contributed by atoms with van der Waals surface area (Å²) in [6.45, 7) is 2.22. The molecule has 4 heteroatoms. The molecule has 1 aromatic heterocycles. The zero-order valence-corrected chi connectivity index (χ0v) is 10.2. The van der Waals surface area contributed by atoms with Crippen LogP contribution in [0.3, 0.4) is 0 Å². The van der Waals surface area contributed by atoms with E-state index in [1.807, 2.05) is 0 Å². The molecular formula is C14H15NO3. The van der Waals surface area contributed by atoms with E-state index in [0.29, 0.717) is 22.9 Å². The van der Waals surface area contributed by atoms with Crippen molar-refractivity contribution in [1.29, 1.82) is 0 Å². The standard InChI is InChI=1S/C14H15NO3/c1-8-3-2-4-10(8)13-15-11-7-9(14(16)17)5-6-12(11)18-13/h5-8,10H,2-4H2,1H3,(H,16,17). The number of carboxylic acid groups (broad SMARTS) is 1. The number of aromatic nitrogens is 1. The monoisotopic (exact) mass is 245 g/mol. The molecule has 0 spiro atoms. The molecule has 2 unspecified atom stereocenters. The van der Waals surface area contributed by atoms with Gasteiger partial charge in [0.15, 0.2) is 11.5 Å². The number of carbonyl (C=O) groups is 1. The van der Waals surface area contributed by atoms with E-state index < -0.39 is 5.97 Å². The molecule has 0 radical (unpaired) electrons. The minimum Gasteiger partial charge on any atom is -0.478 e. The van der Waals surface area contributed by atoms with Crippen LogP contribution in [-0.4, -0.2) is 16.1 Å². The lowest BCUT2D eigenvalue weighted by molar-refractivity contribution is 0.0697. The van der Waals surface area contributed by atoms with E-state index in [1.54, 1.807) is 18.2 Å². The van der Waals surface area contributed by atoms with Gasteiger partial charge in [-0.15, -0.1) is 0 Å². The zero-order valence-electron chi connectivity index (χ0n) is 10.2. The summed E-state index contributed by atoms with van der Waals surface area (Å²) in [6.07, 6.45) is 3.54. The lowest BCUT2D eigenvalue weighted by atomic mass is 9.98. The quantitative estimate of drug-likeness (QED) is 0.880. The van der Waals surface area contributed by atoms with Gasteiger partial charge in [0, 0.05) is 5.92 Å². The van der Waals surface area contributed by atoms with Crippen molar-refractivity contribution in [2.75, 3.05) is 0 Å². The molecule has 1 heterocycles. The molecule has 2 aromatic rings. The van der Waals surface area contributed by atoms with Crippen molar-refractivity contribution in [1.82, 2.24) is 4.98 Å². The molecule has 2 atom stereocenters. The maximum atomic E-state index is 10.9. The van der Waals surface area contributed by atoms with Gasteiger partial charge in [-0.1, -0.05) is 13.3 Å². The van der Waals surface area contributed by atoms with Crippen molar-refractivity contribution in [3.05, 3.63) is 29.7 Å². The minimum absolute atomic E-state index is 0.252. The average Bonchev–Trinajstić information content (AvgIpc) is 2.92. The van der Waals surface area contributed by atoms with Crippen LogP contribution in [0.1, 0.15) is 48.4 Å². The Kier molecular flexibility index (Phi) is 2.58. The molecule has 0 saturated heterocycles. The summed E-state index contributed by atoms with van der Waals surface area (Å²) >= 11 is 0. The van der Waals surface area contributed by atoms with E-state index in [4.69, 9.17) is 9.52 Å². The van der Waals surface area contributed by atoms with E-state index >= 15 is 0 Å². The number of rotatable bonds is 2. The fourth-order valence-electron chi connectivity index (χ4n) is 2.75. The van der Waals surface area contributed by atoms with Crippen molar-refractivity contribution < 1.29 is 14.3 Å². The first-order valence-corrected chi connectivity index (χ1v) is 6.29. The second kappa shape index (κ2) is 4.12. The fraction of sp³-hybridized carbons (Fsp3) is 0.429. The lowest BCUT2D eigenvalue weighted by Crippen LogP contribution is -2.01. The highest BCUT2D eigenvalue weighted by Crippen LogP contribution is 2.39. The first kappa shape index (κ1) is 11.3. The van der Waals surface area contributed by atoms with Gasteiger partial charge >= 0.3 is 5.97 Å². The van der Waals surface area contributed by atoms with Crippen LogP contribution in [0.15, 0.2) is 22.6 Å². The number of benzene rings is 1. The molecular weight excluding hydrogens is 230 g/mol. The molecule has 1 fully saturated rings. The lowest BCUT2D eigenvalue weighted by Gasteiger charge is -2.09. The Morgan fingerprint density at radius 3 is 2.94 bits per heavy atom. The molecule has 18 heavy (non-hydrogen) atoms. The Hall–Kier alpha value is -1.84. The third kappa shape index (κ3) is 1.78. The van der Waals surface area contributed by atoms with Crippen molar-refractivity contribution in [3.63, 3.8) is 0 Å². The van der Waals surface area contributed by atoms with E-state index in [0.717, 1.165) is 12.3 Å². The summed E-state index contributed by atoms with van der Waals surface area (Å²) in [7, 11) is 0. The molecule has 0 amide bonds. The van der Waals surface area contributed by atoms with Crippen molar-refractivity contribution in [2.45, 2.75) is 32.1 Å². The van der Waals surface area contributed by atoms with Gasteiger partial charge in [0.2, 0.25) is 0 Å². The second-order valence-electron chi connectivity index (χ2n) is 5.05. The predicted molar refractivity (Wildman–Crippen MR) is 66.7 cm³/mol. The third-order valence-corrected chi connectivity index (χ3v) is 3.83. The number of hydrogen-bond donors (Lipinski definition) is 1. The number of fused-ring (bicyclic) bond motifs is 1. The molecule has 4 nitrogen and oxygen atoms in total. The Morgan fingerprint density at radius 2 is 2.28 bits per heavy atom. The van der Waals surface area contributed by atoms with Crippen LogP contribution in [0.5, 0.6) is 0 Å². The van der Waals surface area contributed by atoms with Crippen LogP contribution >= 0.6 is 0 Å². The molecule has 1 aliphatic rings. The van der Waals surface area contributed by atoms with Gasteiger partial charge in [-0.3, -0.25) is 0 Å². The number of hydrogen-bond acceptors (Lipinski definition) is 3. The van der Waals surface area contributed by atoms with Crippen molar-refractivity contribution >= 4 is 17.1 Å². The van der Waals surface area contributed by atoms with E-state index in [2.05, 4.69) is 11.9 Å². The maximum absolute atomic E-state index is 10.9. The van der Waals surface area contributed by atoms with Gasteiger partial charge in [0.05, 0.1) is 5.56 Å². The Morgan fingerprint density at radius 1 is 1.44 bits per heavy atom. The van der Waals surface area contributed by atoms with E-state index in [9.17, 15) is 4.79 Å². The van der Waals surface area contributed by atoms with Crippen LogP contribution in [0, 0.1) is 5.92 Å². The Bertz CT molecular complexity index is 602. The molecule has 0 aliphatic heterocycles. The fourth-order valence-corrected chi connectivity index (χ4v) is 2.75. The number of aromatic carboxylic acids is 1. The van der Waals surface area contributed by atoms with Crippen LogP contribution in [0.4, 0.5) is 0 Å². The highest BCUT2D eigenvalue weighted by Gasteiger charge is 2.29. The average molecular weight is 245 g/mol. The molecule has 1 aromatic carbocycles. The number of oxazole rings is 1. The molecule has 3 rings (SSSR count). The first-order chi connectivity index (χ1) is 8.65. The van der Waals surface area contributed by atoms with Crippen molar-refractivity contribution in [2.24, 2.45) is 5.92 Å². The summed E-state index contributed by atoms with van der Waals surface area (Å²) in [4.78, 5) is 15.4. The summed E-state index contributed by atoms with van der Waals surface area (Å²) in [5.41, 5.74) is 1.57. The van der Waals surface area contributed by atoms with E-state index in [-0.39, 0.29) is 5.56 Å². The van der Waals surface area contributed by atoms with Crippen LogP contribution < -0.4 is 0 Å². The summed E-state index contributed by atoms with van der Waals surface area (Å²) in [5.74, 6) is 0.802. The summed E-state index contributed by atoms with van der Waals surface area (Å²) in [5, 5.41) is 8.95.